The Bertz CT molecular complexity index is 72.8. The first-order valence-corrected chi connectivity index (χ1v) is 2.73. The second-order valence-corrected chi connectivity index (χ2v) is 1.49. The predicted octanol–water partition coefficient (Wildman–Crippen LogP) is 1.22. The maximum absolute atomic E-state index is 11.2. The molecular weight excluding hydrogens is 160 g/mol. The molecule has 0 saturated heterocycles. The summed E-state index contributed by atoms with van der Waals surface area (Å²) in [6.45, 7) is -0.150. The minimum absolute atomic E-state index is 0. The molecule has 0 fully saturated rings. The molecular formula is C3H6F2NaO2P. The van der Waals surface area contributed by atoms with E-state index in [1.165, 1.54) is 0 Å². The van der Waals surface area contributed by atoms with Crippen molar-refractivity contribution in [2.75, 3.05) is 6.61 Å². The third kappa shape index (κ3) is 12.2. The van der Waals surface area contributed by atoms with Crippen molar-refractivity contribution in [3.05, 3.63) is 0 Å². The molecule has 0 aromatic carbocycles. The first kappa shape index (κ1) is 12.6. The summed E-state index contributed by atoms with van der Waals surface area (Å²) < 4.78 is 35.8. The summed E-state index contributed by atoms with van der Waals surface area (Å²) in [5, 5.41) is 0. The summed E-state index contributed by atoms with van der Waals surface area (Å²) in [6.07, 6.45) is -2.72. The third-order valence-electron chi connectivity index (χ3n) is 0.480. The van der Waals surface area contributed by atoms with Gasteiger partial charge >= 0.3 is 38.2 Å². The van der Waals surface area contributed by atoms with Crippen molar-refractivity contribution in [2.24, 2.45) is 0 Å². The van der Waals surface area contributed by atoms with Gasteiger partial charge in [-0.05, 0) is 0 Å². The molecule has 50 valence electrons. The summed E-state index contributed by atoms with van der Waals surface area (Å²) in [5.74, 6) is 0. The Morgan fingerprint density at radius 2 is 2.11 bits per heavy atom. The summed E-state index contributed by atoms with van der Waals surface area (Å²) in [7, 11) is -0.533. The molecule has 0 unspecified atom stereocenters. The van der Waals surface area contributed by atoms with E-state index in [0.717, 1.165) is 0 Å². The SMILES string of the molecule is O=POCCC(F)F.[NaH]. The molecule has 0 heterocycles. The molecule has 6 heteroatoms. The molecule has 0 atom stereocenters. The van der Waals surface area contributed by atoms with Gasteiger partial charge in [-0.25, -0.2) is 13.3 Å². The standard InChI is InChI=1S/C3H5F2O2P.Na.H/c4-3(5)1-2-7-8-6;;/h3H,1-2H2;;. The first-order valence-electron chi connectivity index (χ1n) is 2.00. The van der Waals surface area contributed by atoms with Crippen molar-refractivity contribution in [1.29, 1.82) is 0 Å². The van der Waals surface area contributed by atoms with Crippen LogP contribution in [-0.2, 0) is 9.09 Å². The quantitative estimate of drug-likeness (QED) is 0.356. The van der Waals surface area contributed by atoms with Crippen LogP contribution < -0.4 is 0 Å². The first-order chi connectivity index (χ1) is 3.77. The Morgan fingerprint density at radius 3 is 2.44 bits per heavy atom. The Hall–Kier alpha value is 0.920. The van der Waals surface area contributed by atoms with E-state index in [2.05, 4.69) is 4.52 Å². The van der Waals surface area contributed by atoms with E-state index in [4.69, 9.17) is 0 Å². The summed E-state index contributed by atoms with van der Waals surface area (Å²) in [6, 6.07) is 0. The van der Waals surface area contributed by atoms with E-state index < -0.39 is 15.1 Å². The van der Waals surface area contributed by atoms with Gasteiger partial charge < -0.3 is 0 Å². The van der Waals surface area contributed by atoms with E-state index in [-0.39, 0.29) is 42.6 Å². The Labute approximate surface area is 75.5 Å². The molecule has 0 aliphatic carbocycles. The fraction of sp³-hybridized carbons (Fsp3) is 1.00. The van der Waals surface area contributed by atoms with Crippen molar-refractivity contribution < 1.29 is 17.9 Å². The second-order valence-electron chi connectivity index (χ2n) is 1.09. The van der Waals surface area contributed by atoms with Crippen molar-refractivity contribution >= 4 is 38.2 Å². The van der Waals surface area contributed by atoms with Gasteiger partial charge in [-0.1, -0.05) is 0 Å². The molecule has 9 heavy (non-hydrogen) atoms. The van der Waals surface area contributed by atoms with E-state index in [1.807, 2.05) is 0 Å². The number of halogens is 2. The van der Waals surface area contributed by atoms with Crippen molar-refractivity contribution in [1.82, 2.24) is 0 Å². The molecule has 0 spiro atoms. The monoisotopic (exact) mass is 166 g/mol. The molecule has 0 rings (SSSR count). The van der Waals surface area contributed by atoms with Gasteiger partial charge in [-0.2, -0.15) is 0 Å². The molecule has 0 radical (unpaired) electrons. The van der Waals surface area contributed by atoms with Crippen LogP contribution in [0.3, 0.4) is 0 Å². The van der Waals surface area contributed by atoms with Gasteiger partial charge in [-0.3, -0.25) is 4.52 Å². The van der Waals surface area contributed by atoms with Gasteiger partial charge in [0.1, 0.15) is 0 Å². The maximum atomic E-state index is 11.2. The van der Waals surface area contributed by atoms with Gasteiger partial charge in [0, 0.05) is 6.42 Å². The zero-order valence-electron chi connectivity index (χ0n) is 4.01. The number of alkyl halides is 2. The van der Waals surface area contributed by atoms with Crippen LogP contribution in [0.4, 0.5) is 8.78 Å². The third-order valence-corrected chi connectivity index (χ3v) is 0.768. The van der Waals surface area contributed by atoms with Crippen LogP contribution in [0.25, 0.3) is 0 Å². The van der Waals surface area contributed by atoms with Crippen LogP contribution >= 0.6 is 8.69 Å². The van der Waals surface area contributed by atoms with Gasteiger partial charge in [0.25, 0.3) is 0 Å². The second kappa shape index (κ2) is 8.92. The minimum atomic E-state index is -2.36. The molecule has 0 aliphatic heterocycles. The Morgan fingerprint density at radius 1 is 1.56 bits per heavy atom. The topological polar surface area (TPSA) is 26.3 Å². The van der Waals surface area contributed by atoms with Crippen LogP contribution in [0.1, 0.15) is 6.42 Å². The summed E-state index contributed by atoms with van der Waals surface area (Å²) in [5.41, 5.74) is 0. The zero-order valence-corrected chi connectivity index (χ0v) is 4.91. The molecule has 0 aromatic rings. The van der Waals surface area contributed by atoms with Crippen molar-refractivity contribution in [2.45, 2.75) is 12.8 Å². The predicted molar refractivity (Wildman–Crippen MR) is 31.3 cm³/mol. The van der Waals surface area contributed by atoms with Crippen molar-refractivity contribution in [3.63, 3.8) is 0 Å². The van der Waals surface area contributed by atoms with Crippen LogP contribution in [0.5, 0.6) is 0 Å². The molecule has 0 aliphatic rings. The number of hydrogen-bond acceptors (Lipinski definition) is 2. The van der Waals surface area contributed by atoms with Gasteiger partial charge in [0.05, 0.1) is 6.61 Å². The van der Waals surface area contributed by atoms with Crippen LogP contribution in [0.2, 0.25) is 0 Å². The fourth-order valence-corrected chi connectivity index (χ4v) is 0.359. The van der Waals surface area contributed by atoms with Gasteiger partial charge in [-0.15, -0.1) is 0 Å². The van der Waals surface area contributed by atoms with Crippen LogP contribution in [-0.4, -0.2) is 42.6 Å². The average Bonchev–Trinajstić information content (AvgIpc) is 1.66. The fourth-order valence-electron chi connectivity index (χ4n) is 0.179. The normalized spacial score (nSPS) is 9.67. The molecule has 0 aromatic heterocycles. The van der Waals surface area contributed by atoms with Crippen LogP contribution in [0.15, 0.2) is 0 Å². The summed E-state index contributed by atoms with van der Waals surface area (Å²) in [4.78, 5) is 0. The Balaban J connectivity index is 0. The summed E-state index contributed by atoms with van der Waals surface area (Å²) >= 11 is 0. The molecule has 0 saturated carbocycles. The Kier molecular flexibility index (Phi) is 12.5. The van der Waals surface area contributed by atoms with Crippen LogP contribution in [0, 0.1) is 0 Å². The van der Waals surface area contributed by atoms with Gasteiger partial charge in [0.2, 0.25) is 6.43 Å². The number of rotatable bonds is 4. The number of hydrogen-bond donors (Lipinski definition) is 0. The molecule has 2 nitrogen and oxygen atoms in total. The van der Waals surface area contributed by atoms with E-state index in [9.17, 15) is 13.3 Å². The van der Waals surface area contributed by atoms with E-state index >= 15 is 0 Å². The zero-order chi connectivity index (χ0) is 6.41. The van der Waals surface area contributed by atoms with Crippen molar-refractivity contribution in [3.8, 4) is 0 Å². The average molecular weight is 166 g/mol. The molecule has 0 amide bonds. The van der Waals surface area contributed by atoms with Gasteiger partial charge in [0.15, 0.2) is 0 Å². The van der Waals surface area contributed by atoms with E-state index in [0.29, 0.717) is 0 Å². The molecule has 0 N–H and O–H groups in total. The van der Waals surface area contributed by atoms with E-state index in [1.54, 1.807) is 0 Å². The molecule has 0 bridgehead atoms.